The molecular weight excluding hydrogens is 494 g/mol. The van der Waals surface area contributed by atoms with Crippen molar-refractivity contribution in [2.45, 2.75) is 63.7 Å². The van der Waals surface area contributed by atoms with Crippen LogP contribution in [0.4, 0.5) is 0 Å². The third kappa shape index (κ3) is 9.65. The van der Waals surface area contributed by atoms with E-state index in [-0.39, 0.29) is 25.7 Å². The molecule has 4 amide bonds. The number of H-pyrrole nitrogens is 1. The Bertz CT molecular complexity index is 1090. The van der Waals surface area contributed by atoms with Crippen LogP contribution < -0.4 is 27.4 Å². The van der Waals surface area contributed by atoms with Crippen LogP contribution in [-0.2, 0) is 36.8 Å². The number of carboxylic acid groups (broad SMARTS) is 1. The quantitative estimate of drug-likeness (QED) is 0.151. The Labute approximate surface area is 220 Å². The Balaban J connectivity index is 2.14. The van der Waals surface area contributed by atoms with Gasteiger partial charge in [-0.05, 0) is 24.3 Å². The predicted molar refractivity (Wildman–Crippen MR) is 137 cm³/mol. The fraction of sp³-hybridized carbons (Fsp3) is 0.440. The van der Waals surface area contributed by atoms with E-state index in [0.717, 1.165) is 5.56 Å². The number of aromatic amines is 1. The molecule has 0 fully saturated rings. The molecule has 0 aliphatic carbocycles. The van der Waals surface area contributed by atoms with Crippen molar-refractivity contribution in [3.05, 3.63) is 54.1 Å². The number of aromatic nitrogens is 2. The van der Waals surface area contributed by atoms with Gasteiger partial charge in [0.25, 0.3) is 0 Å². The number of amides is 4. The normalized spacial score (nSPS) is 14.1. The third-order valence-electron chi connectivity index (χ3n) is 5.79. The number of carbonyl (C=O) groups is 5. The maximum absolute atomic E-state index is 13.3. The number of nitrogens with one attached hydrogen (secondary N) is 4. The van der Waals surface area contributed by atoms with E-state index >= 15 is 0 Å². The summed E-state index contributed by atoms with van der Waals surface area (Å²) >= 11 is 0. The number of hydrogen-bond acceptors (Lipinski definition) is 7. The number of benzene rings is 1. The molecule has 2 rings (SSSR count). The molecule has 206 valence electrons. The van der Waals surface area contributed by atoms with Crippen LogP contribution in [0.3, 0.4) is 0 Å². The lowest BCUT2D eigenvalue weighted by Gasteiger charge is -2.27. The van der Waals surface area contributed by atoms with E-state index in [1.54, 1.807) is 13.8 Å². The van der Waals surface area contributed by atoms with E-state index in [2.05, 4.69) is 25.9 Å². The van der Waals surface area contributed by atoms with Gasteiger partial charge in [-0.1, -0.05) is 44.2 Å². The average Bonchev–Trinajstić information content (AvgIpc) is 3.37. The first-order valence-electron chi connectivity index (χ1n) is 12.2. The van der Waals surface area contributed by atoms with Gasteiger partial charge in [0.15, 0.2) is 0 Å². The number of nitrogens with two attached hydrogens (primary N) is 2. The van der Waals surface area contributed by atoms with Gasteiger partial charge in [0.1, 0.15) is 18.1 Å². The highest BCUT2D eigenvalue weighted by Gasteiger charge is 2.32. The SMILES string of the molecule is CC(C)C(NC(=O)C(Cc1cnc[nH]1)NC(=O)C(N)Cc1ccccc1)C(=O)NC(CCC(N)=O)C(=O)O. The van der Waals surface area contributed by atoms with E-state index < -0.39 is 59.7 Å². The van der Waals surface area contributed by atoms with Crippen molar-refractivity contribution in [1.29, 1.82) is 0 Å². The van der Waals surface area contributed by atoms with Crippen LogP contribution in [-0.4, -0.2) is 68.8 Å². The lowest BCUT2D eigenvalue weighted by atomic mass is 10.0. The minimum Gasteiger partial charge on any atom is -0.480 e. The van der Waals surface area contributed by atoms with Crippen LogP contribution in [0.2, 0.25) is 0 Å². The molecular formula is C25H35N7O6. The predicted octanol–water partition coefficient (Wildman–Crippen LogP) is -1.02. The monoisotopic (exact) mass is 529 g/mol. The number of aliphatic carboxylic acids is 1. The highest BCUT2D eigenvalue weighted by atomic mass is 16.4. The maximum Gasteiger partial charge on any atom is 0.326 e. The highest BCUT2D eigenvalue weighted by Crippen LogP contribution is 2.08. The summed E-state index contributed by atoms with van der Waals surface area (Å²) in [6.07, 6.45) is 2.78. The van der Waals surface area contributed by atoms with Crippen LogP contribution in [0.1, 0.15) is 37.9 Å². The molecule has 0 saturated carbocycles. The van der Waals surface area contributed by atoms with Crippen molar-refractivity contribution in [3.8, 4) is 0 Å². The van der Waals surface area contributed by atoms with Crippen molar-refractivity contribution >= 4 is 29.6 Å². The first-order valence-corrected chi connectivity index (χ1v) is 12.2. The summed E-state index contributed by atoms with van der Waals surface area (Å²) in [7, 11) is 0. The molecule has 4 atom stereocenters. The van der Waals surface area contributed by atoms with Crippen molar-refractivity contribution in [2.24, 2.45) is 17.4 Å². The standard InChI is InChI=1S/C25H35N7O6/c1-14(2)21(24(36)30-18(25(37)38)8-9-20(27)33)32-23(35)19(11-16-12-28-13-29-16)31-22(34)17(26)10-15-6-4-3-5-7-15/h3-7,12-14,17-19,21H,8-11,26H2,1-2H3,(H2,27,33)(H,28,29)(H,30,36)(H,31,34)(H,32,35)(H,37,38). The molecule has 0 aliphatic rings. The molecule has 0 saturated heterocycles. The number of imidazole rings is 1. The van der Waals surface area contributed by atoms with Crippen LogP contribution in [0, 0.1) is 5.92 Å². The molecule has 13 heteroatoms. The summed E-state index contributed by atoms with van der Waals surface area (Å²) in [5.41, 5.74) is 12.6. The molecule has 1 aromatic carbocycles. The fourth-order valence-electron chi connectivity index (χ4n) is 3.66. The largest absolute Gasteiger partial charge is 0.480 e. The van der Waals surface area contributed by atoms with Crippen LogP contribution >= 0.6 is 0 Å². The zero-order valence-electron chi connectivity index (χ0n) is 21.3. The summed E-state index contributed by atoms with van der Waals surface area (Å²) in [6, 6.07) is 4.63. The lowest BCUT2D eigenvalue weighted by Crippen LogP contribution is -2.59. The zero-order valence-corrected chi connectivity index (χ0v) is 21.3. The summed E-state index contributed by atoms with van der Waals surface area (Å²) in [4.78, 5) is 68.5. The fourth-order valence-corrected chi connectivity index (χ4v) is 3.66. The Hall–Kier alpha value is -4.26. The van der Waals surface area contributed by atoms with Crippen LogP contribution in [0.25, 0.3) is 0 Å². The minimum atomic E-state index is -1.37. The summed E-state index contributed by atoms with van der Waals surface area (Å²) in [6.45, 7) is 3.34. The van der Waals surface area contributed by atoms with Crippen LogP contribution in [0.15, 0.2) is 42.9 Å². The van der Waals surface area contributed by atoms with Crippen molar-refractivity contribution in [2.75, 3.05) is 0 Å². The van der Waals surface area contributed by atoms with E-state index in [0.29, 0.717) is 5.69 Å². The third-order valence-corrected chi connectivity index (χ3v) is 5.79. The summed E-state index contributed by atoms with van der Waals surface area (Å²) in [5.74, 6) is -4.47. The van der Waals surface area contributed by atoms with Gasteiger partial charge in [-0.3, -0.25) is 19.2 Å². The number of hydrogen-bond donors (Lipinski definition) is 7. The maximum atomic E-state index is 13.3. The second-order valence-corrected chi connectivity index (χ2v) is 9.27. The lowest BCUT2D eigenvalue weighted by molar-refractivity contribution is -0.143. The Kier molecular flexibility index (Phi) is 11.4. The molecule has 13 nitrogen and oxygen atoms in total. The van der Waals surface area contributed by atoms with Crippen molar-refractivity contribution in [1.82, 2.24) is 25.9 Å². The van der Waals surface area contributed by atoms with Gasteiger partial charge in [-0.2, -0.15) is 0 Å². The molecule has 0 aliphatic heterocycles. The van der Waals surface area contributed by atoms with E-state index in [9.17, 15) is 29.1 Å². The van der Waals surface area contributed by atoms with E-state index in [1.807, 2.05) is 30.3 Å². The topological polar surface area (TPSA) is 222 Å². The molecule has 4 unspecified atom stereocenters. The van der Waals surface area contributed by atoms with Gasteiger partial charge in [0, 0.05) is 24.7 Å². The molecule has 0 spiro atoms. The molecule has 38 heavy (non-hydrogen) atoms. The molecule has 0 bridgehead atoms. The Morgan fingerprint density at radius 1 is 0.947 bits per heavy atom. The van der Waals surface area contributed by atoms with Gasteiger partial charge < -0.3 is 37.5 Å². The first-order chi connectivity index (χ1) is 18.0. The number of primary amides is 1. The first kappa shape index (κ1) is 30.0. The molecule has 1 heterocycles. The van der Waals surface area contributed by atoms with Crippen molar-refractivity contribution < 1.29 is 29.1 Å². The Morgan fingerprint density at radius 2 is 1.61 bits per heavy atom. The van der Waals surface area contributed by atoms with Crippen molar-refractivity contribution in [3.63, 3.8) is 0 Å². The van der Waals surface area contributed by atoms with Gasteiger partial charge in [-0.25, -0.2) is 9.78 Å². The molecule has 2 aromatic rings. The molecule has 1 aromatic heterocycles. The smallest absolute Gasteiger partial charge is 0.326 e. The summed E-state index contributed by atoms with van der Waals surface area (Å²) in [5, 5.41) is 17.0. The van der Waals surface area contributed by atoms with Gasteiger partial charge in [0.05, 0.1) is 12.4 Å². The molecule has 9 N–H and O–H groups in total. The van der Waals surface area contributed by atoms with Gasteiger partial charge in [-0.15, -0.1) is 0 Å². The second-order valence-electron chi connectivity index (χ2n) is 9.27. The van der Waals surface area contributed by atoms with E-state index in [4.69, 9.17) is 11.5 Å². The zero-order chi connectivity index (χ0) is 28.2. The Morgan fingerprint density at radius 3 is 2.16 bits per heavy atom. The molecule has 0 radical (unpaired) electrons. The van der Waals surface area contributed by atoms with Gasteiger partial charge in [0.2, 0.25) is 23.6 Å². The minimum absolute atomic E-state index is 0.0401. The van der Waals surface area contributed by atoms with Crippen LogP contribution in [0.5, 0.6) is 0 Å². The number of carbonyl (C=O) groups excluding carboxylic acids is 4. The number of rotatable bonds is 15. The summed E-state index contributed by atoms with van der Waals surface area (Å²) < 4.78 is 0. The second kappa shape index (κ2) is 14.5. The van der Waals surface area contributed by atoms with Gasteiger partial charge >= 0.3 is 5.97 Å². The number of nitrogens with zero attached hydrogens (tertiary/aromatic N) is 1. The average molecular weight is 530 g/mol. The number of carboxylic acids is 1. The highest BCUT2D eigenvalue weighted by molar-refractivity contribution is 5.94. The van der Waals surface area contributed by atoms with E-state index in [1.165, 1.54) is 12.5 Å².